The number of carbonyl (C=O) groups is 1. The Morgan fingerprint density at radius 1 is 1.56 bits per heavy atom. The number of carbonyl (C=O) groups excluding carboxylic acids is 1. The largest absolute Gasteiger partial charge is 0.377 e. The Labute approximate surface area is 117 Å². The van der Waals surface area contributed by atoms with Crippen LogP contribution in [0.3, 0.4) is 0 Å². The molecule has 0 aromatic carbocycles. The van der Waals surface area contributed by atoms with Crippen molar-refractivity contribution >= 4 is 29.0 Å². The van der Waals surface area contributed by atoms with E-state index in [-0.39, 0.29) is 11.9 Å². The van der Waals surface area contributed by atoms with Crippen LogP contribution in [0.1, 0.15) is 29.9 Å². The molecule has 1 fully saturated rings. The van der Waals surface area contributed by atoms with Crippen LogP contribution >= 0.6 is 23.1 Å². The molecule has 0 saturated carbocycles. The number of ether oxygens (including phenoxy) is 1. The van der Waals surface area contributed by atoms with Crippen LogP contribution in [0.2, 0.25) is 0 Å². The van der Waals surface area contributed by atoms with E-state index in [9.17, 15) is 4.79 Å². The zero-order valence-electron chi connectivity index (χ0n) is 10.8. The Morgan fingerprint density at radius 2 is 2.39 bits per heavy atom. The second-order valence-corrected chi connectivity index (χ2v) is 6.84. The van der Waals surface area contributed by atoms with Gasteiger partial charge in [0.25, 0.3) is 5.91 Å². The van der Waals surface area contributed by atoms with E-state index in [1.54, 1.807) is 23.1 Å². The van der Waals surface area contributed by atoms with Gasteiger partial charge in [-0.2, -0.15) is 0 Å². The molecule has 1 aromatic heterocycles. The molecule has 1 aromatic rings. The Morgan fingerprint density at radius 3 is 3.11 bits per heavy atom. The maximum Gasteiger partial charge on any atom is 0.264 e. The van der Waals surface area contributed by atoms with E-state index < -0.39 is 0 Å². The summed E-state index contributed by atoms with van der Waals surface area (Å²) < 4.78 is 6.66. The molecule has 1 atom stereocenters. The van der Waals surface area contributed by atoms with Crippen molar-refractivity contribution < 1.29 is 9.53 Å². The summed E-state index contributed by atoms with van der Waals surface area (Å²) in [6.45, 7) is 6.27. The minimum absolute atomic E-state index is 0.165. The van der Waals surface area contributed by atoms with E-state index in [0.29, 0.717) is 19.8 Å². The first-order valence-electron chi connectivity index (χ1n) is 6.37. The normalized spacial score (nSPS) is 20.1. The summed E-state index contributed by atoms with van der Waals surface area (Å²) >= 11 is 3.39. The van der Waals surface area contributed by atoms with Gasteiger partial charge in [0, 0.05) is 6.54 Å². The molecule has 2 heterocycles. The van der Waals surface area contributed by atoms with Crippen molar-refractivity contribution in [1.82, 2.24) is 4.90 Å². The van der Waals surface area contributed by atoms with E-state index in [2.05, 4.69) is 13.8 Å². The molecular formula is C13H19NO2S2. The lowest BCUT2D eigenvalue weighted by Crippen LogP contribution is -2.48. The summed E-state index contributed by atoms with van der Waals surface area (Å²) in [6, 6.07) is 4.23. The summed E-state index contributed by atoms with van der Waals surface area (Å²) in [5, 5.41) is 0. The van der Waals surface area contributed by atoms with Gasteiger partial charge in [-0.25, -0.2) is 0 Å². The summed E-state index contributed by atoms with van der Waals surface area (Å²) in [5.74, 6) is 1.21. The van der Waals surface area contributed by atoms with Crippen LogP contribution in [0.25, 0.3) is 0 Å². The molecule has 1 aliphatic heterocycles. The molecule has 100 valence electrons. The smallest absolute Gasteiger partial charge is 0.264 e. The Kier molecular flexibility index (Phi) is 5.09. The fraction of sp³-hybridized carbons (Fsp3) is 0.615. The lowest BCUT2D eigenvalue weighted by molar-refractivity contribution is -0.00253. The highest BCUT2D eigenvalue weighted by Gasteiger charge is 2.27. The van der Waals surface area contributed by atoms with Crippen molar-refractivity contribution in [2.24, 2.45) is 0 Å². The number of hydrogen-bond donors (Lipinski definition) is 0. The molecular weight excluding hydrogens is 266 g/mol. The lowest BCUT2D eigenvalue weighted by Gasteiger charge is -2.34. The minimum Gasteiger partial charge on any atom is -0.377 e. The van der Waals surface area contributed by atoms with Crippen molar-refractivity contribution in [1.29, 1.82) is 0 Å². The van der Waals surface area contributed by atoms with E-state index in [4.69, 9.17) is 4.74 Å². The Bertz CT molecular complexity index is 405. The van der Waals surface area contributed by atoms with Crippen molar-refractivity contribution in [3.05, 3.63) is 17.0 Å². The second-order valence-electron chi connectivity index (χ2n) is 4.19. The van der Waals surface area contributed by atoms with E-state index >= 15 is 0 Å². The summed E-state index contributed by atoms with van der Waals surface area (Å²) in [5.41, 5.74) is 0. The molecule has 0 aliphatic carbocycles. The Hall–Kier alpha value is -0.520. The number of hydrogen-bond acceptors (Lipinski definition) is 4. The van der Waals surface area contributed by atoms with Gasteiger partial charge in [-0.1, -0.05) is 13.8 Å². The molecule has 0 unspecified atom stereocenters. The van der Waals surface area contributed by atoms with E-state index in [1.165, 1.54) is 4.21 Å². The van der Waals surface area contributed by atoms with Gasteiger partial charge in [-0.3, -0.25) is 4.79 Å². The minimum atomic E-state index is 0.165. The van der Waals surface area contributed by atoms with Gasteiger partial charge >= 0.3 is 0 Å². The molecule has 0 N–H and O–H groups in total. The van der Waals surface area contributed by atoms with Crippen molar-refractivity contribution in [3.63, 3.8) is 0 Å². The third kappa shape index (κ3) is 3.08. The van der Waals surface area contributed by atoms with Crippen LogP contribution in [0.5, 0.6) is 0 Å². The summed E-state index contributed by atoms with van der Waals surface area (Å²) in [4.78, 5) is 15.3. The SMILES string of the molecule is CCSc1ccc(C(=O)N2CCOC[C@@H]2CC)s1. The van der Waals surface area contributed by atoms with Gasteiger partial charge in [0.05, 0.1) is 28.3 Å². The Balaban J connectivity index is 2.08. The average molecular weight is 285 g/mol. The number of amides is 1. The maximum atomic E-state index is 12.5. The van der Waals surface area contributed by atoms with Crippen molar-refractivity contribution in [2.45, 2.75) is 30.5 Å². The van der Waals surface area contributed by atoms with Crippen molar-refractivity contribution in [3.8, 4) is 0 Å². The third-order valence-corrected chi connectivity index (χ3v) is 5.22. The fourth-order valence-electron chi connectivity index (χ4n) is 2.06. The molecule has 1 aliphatic rings. The fourth-order valence-corrected chi connectivity index (χ4v) is 4.06. The standard InChI is InChI=1S/C13H19NO2S2/c1-3-10-9-16-8-7-14(10)13(15)11-5-6-12(18-11)17-4-2/h5-6,10H,3-4,7-9H2,1-2H3/t10-/m0/s1. The quantitative estimate of drug-likeness (QED) is 0.796. The second kappa shape index (κ2) is 6.59. The predicted octanol–water partition coefficient (Wildman–Crippen LogP) is 3.11. The monoisotopic (exact) mass is 285 g/mol. The van der Waals surface area contributed by atoms with Crippen LogP contribution in [0.4, 0.5) is 0 Å². The molecule has 1 amide bonds. The van der Waals surface area contributed by atoms with E-state index in [1.807, 2.05) is 17.0 Å². The highest BCUT2D eigenvalue weighted by atomic mass is 32.2. The van der Waals surface area contributed by atoms with Gasteiger partial charge in [0.1, 0.15) is 0 Å². The van der Waals surface area contributed by atoms with Crippen LogP contribution in [-0.2, 0) is 4.74 Å². The number of thiophene rings is 1. The molecule has 2 rings (SSSR count). The molecule has 5 heteroatoms. The molecule has 0 bridgehead atoms. The van der Waals surface area contributed by atoms with Crippen LogP contribution < -0.4 is 0 Å². The molecule has 3 nitrogen and oxygen atoms in total. The first-order valence-corrected chi connectivity index (χ1v) is 8.17. The topological polar surface area (TPSA) is 29.5 Å². The van der Waals surface area contributed by atoms with Gasteiger partial charge in [-0.15, -0.1) is 23.1 Å². The maximum absolute atomic E-state index is 12.5. The first kappa shape index (κ1) is 13.9. The predicted molar refractivity (Wildman–Crippen MR) is 76.7 cm³/mol. The van der Waals surface area contributed by atoms with Crippen LogP contribution in [0.15, 0.2) is 16.3 Å². The number of rotatable bonds is 4. The number of nitrogens with zero attached hydrogens (tertiary/aromatic N) is 1. The number of thioether (sulfide) groups is 1. The molecule has 1 saturated heterocycles. The number of morpholine rings is 1. The first-order chi connectivity index (χ1) is 8.76. The highest BCUT2D eigenvalue weighted by Crippen LogP contribution is 2.28. The zero-order chi connectivity index (χ0) is 13.0. The van der Waals surface area contributed by atoms with Gasteiger partial charge in [-0.05, 0) is 24.3 Å². The third-order valence-electron chi connectivity index (χ3n) is 3.04. The molecule has 0 radical (unpaired) electrons. The zero-order valence-corrected chi connectivity index (χ0v) is 12.5. The van der Waals surface area contributed by atoms with Gasteiger partial charge in [0.15, 0.2) is 0 Å². The van der Waals surface area contributed by atoms with Crippen LogP contribution in [-0.4, -0.2) is 42.4 Å². The summed E-state index contributed by atoms with van der Waals surface area (Å²) in [6.07, 6.45) is 0.952. The van der Waals surface area contributed by atoms with Crippen molar-refractivity contribution in [2.75, 3.05) is 25.5 Å². The van der Waals surface area contributed by atoms with E-state index in [0.717, 1.165) is 17.1 Å². The molecule has 0 spiro atoms. The average Bonchev–Trinajstić information content (AvgIpc) is 2.87. The lowest BCUT2D eigenvalue weighted by atomic mass is 10.1. The molecule has 18 heavy (non-hydrogen) atoms. The van der Waals surface area contributed by atoms with Gasteiger partial charge < -0.3 is 9.64 Å². The summed E-state index contributed by atoms with van der Waals surface area (Å²) in [7, 11) is 0. The highest BCUT2D eigenvalue weighted by molar-refractivity contribution is 8.01. The van der Waals surface area contributed by atoms with Crippen LogP contribution in [0, 0.1) is 0 Å². The van der Waals surface area contributed by atoms with Gasteiger partial charge in [0.2, 0.25) is 0 Å².